The van der Waals surface area contributed by atoms with E-state index in [9.17, 15) is 4.79 Å². The van der Waals surface area contributed by atoms with Crippen molar-refractivity contribution in [3.05, 3.63) is 29.1 Å². The van der Waals surface area contributed by atoms with Gasteiger partial charge in [0.2, 0.25) is 5.95 Å². The number of anilines is 1. The molecular weight excluding hydrogens is 302 g/mol. The van der Waals surface area contributed by atoms with E-state index in [4.69, 9.17) is 11.6 Å². The quantitative estimate of drug-likeness (QED) is 0.829. The summed E-state index contributed by atoms with van der Waals surface area (Å²) in [5, 5.41) is 3.18. The summed E-state index contributed by atoms with van der Waals surface area (Å²) in [5.41, 5.74) is 0.262. The van der Waals surface area contributed by atoms with E-state index in [0.717, 1.165) is 45.6 Å². The molecule has 1 aromatic heterocycles. The first kappa shape index (κ1) is 15.2. The molecule has 1 amide bonds. The summed E-state index contributed by atoms with van der Waals surface area (Å²) in [6, 6.07) is 0. The van der Waals surface area contributed by atoms with Crippen LogP contribution < -0.4 is 10.2 Å². The van der Waals surface area contributed by atoms with Gasteiger partial charge in [-0.15, -0.1) is 0 Å². The van der Waals surface area contributed by atoms with E-state index in [1.165, 1.54) is 6.20 Å². The van der Waals surface area contributed by atoms with Crippen LogP contribution in [0.15, 0.2) is 18.3 Å². The van der Waals surface area contributed by atoms with Gasteiger partial charge in [-0.25, -0.2) is 9.97 Å². The summed E-state index contributed by atoms with van der Waals surface area (Å²) in [6.07, 6.45) is 8.05. The SMILES string of the molecule is O=C(NCCN1CC=CC1)c1nc(N2CCCC2)ncc1Cl. The van der Waals surface area contributed by atoms with Gasteiger partial charge < -0.3 is 10.2 Å². The monoisotopic (exact) mass is 321 g/mol. The maximum absolute atomic E-state index is 12.3. The van der Waals surface area contributed by atoms with Crippen LogP contribution in [0.3, 0.4) is 0 Å². The van der Waals surface area contributed by atoms with Gasteiger partial charge in [0.15, 0.2) is 5.69 Å². The molecule has 118 valence electrons. The van der Waals surface area contributed by atoms with Gasteiger partial charge in [0, 0.05) is 39.3 Å². The molecule has 0 spiro atoms. The fourth-order valence-corrected chi connectivity index (χ4v) is 2.88. The van der Waals surface area contributed by atoms with Crippen molar-refractivity contribution in [1.82, 2.24) is 20.2 Å². The number of halogens is 1. The molecule has 7 heteroatoms. The summed E-state index contributed by atoms with van der Waals surface area (Å²) in [4.78, 5) is 25.2. The van der Waals surface area contributed by atoms with E-state index in [1.807, 2.05) is 0 Å². The molecule has 6 nitrogen and oxygen atoms in total. The van der Waals surface area contributed by atoms with E-state index in [-0.39, 0.29) is 11.6 Å². The number of rotatable bonds is 5. The van der Waals surface area contributed by atoms with Crippen LogP contribution in [0.4, 0.5) is 5.95 Å². The molecule has 3 heterocycles. The Bertz CT molecular complexity index is 563. The number of nitrogens with zero attached hydrogens (tertiary/aromatic N) is 4. The van der Waals surface area contributed by atoms with Crippen LogP contribution in [0.1, 0.15) is 23.3 Å². The van der Waals surface area contributed by atoms with Crippen molar-refractivity contribution in [2.24, 2.45) is 0 Å². The van der Waals surface area contributed by atoms with Gasteiger partial charge in [0.05, 0.1) is 11.2 Å². The summed E-state index contributed by atoms with van der Waals surface area (Å²) in [6.45, 7) is 5.17. The Kier molecular flexibility index (Phi) is 4.90. The third-order valence-electron chi connectivity index (χ3n) is 3.94. The second-order valence-corrected chi connectivity index (χ2v) is 5.95. The molecule has 1 N–H and O–H groups in total. The minimum Gasteiger partial charge on any atom is -0.349 e. The van der Waals surface area contributed by atoms with Crippen LogP contribution in [0.2, 0.25) is 5.02 Å². The molecule has 0 bridgehead atoms. The topological polar surface area (TPSA) is 61.4 Å². The molecule has 3 rings (SSSR count). The van der Waals surface area contributed by atoms with Crippen LogP contribution in [0.25, 0.3) is 0 Å². The van der Waals surface area contributed by atoms with E-state index >= 15 is 0 Å². The molecule has 2 aliphatic heterocycles. The summed E-state index contributed by atoms with van der Waals surface area (Å²) < 4.78 is 0. The Morgan fingerprint density at radius 1 is 1.27 bits per heavy atom. The molecule has 0 saturated carbocycles. The summed E-state index contributed by atoms with van der Waals surface area (Å²) in [5.74, 6) is 0.357. The molecule has 0 aromatic carbocycles. The molecule has 22 heavy (non-hydrogen) atoms. The van der Waals surface area contributed by atoms with Gasteiger partial charge in [-0.05, 0) is 12.8 Å². The lowest BCUT2D eigenvalue weighted by molar-refractivity contribution is 0.0945. The Labute approximate surface area is 135 Å². The van der Waals surface area contributed by atoms with Crippen LogP contribution in [0, 0.1) is 0 Å². The molecule has 1 fully saturated rings. The maximum atomic E-state index is 12.3. The first-order chi connectivity index (χ1) is 10.7. The number of hydrogen-bond donors (Lipinski definition) is 1. The van der Waals surface area contributed by atoms with E-state index in [1.54, 1.807) is 0 Å². The third-order valence-corrected chi connectivity index (χ3v) is 4.22. The van der Waals surface area contributed by atoms with Gasteiger partial charge in [-0.3, -0.25) is 9.69 Å². The predicted molar refractivity (Wildman–Crippen MR) is 86.4 cm³/mol. The Morgan fingerprint density at radius 3 is 2.73 bits per heavy atom. The molecule has 0 atom stereocenters. The molecule has 0 radical (unpaired) electrons. The van der Waals surface area contributed by atoms with Gasteiger partial charge in [-0.2, -0.15) is 0 Å². The minimum absolute atomic E-state index is 0.236. The van der Waals surface area contributed by atoms with Crippen molar-refractivity contribution in [3.63, 3.8) is 0 Å². The van der Waals surface area contributed by atoms with Crippen LogP contribution >= 0.6 is 11.6 Å². The van der Waals surface area contributed by atoms with Crippen molar-refractivity contribution in [2.45, 2.75) is 12.8 Å². The lowest BCUT2D eigenvalue weighted by Gasteiger charge is -2.17. The van der Waals surface area contributed by atoms with Gasteiger partial charge in [0.1, 0.15) is 0 Å². The lowest BCUT2D eigenvalue weighted by atomic mass is 10.3. The largest absolute Gasteiger partial charge is 0.349 e. The van der Waals surface area contributed by atoms with Crippen molar-refractivity contribution in [3.8, 4) is 0 Å². The summed E-state index contributed by atoms with van der Waals surface area (Å²) >= 11 is 6.08. The second-order valence-electron chi connectivity index (χ2n) is 5.55. The highest BCUT2D eigenvalue weighted by Gasteiger charge is 2.19. The van der Waals surface area contributed by atoms with Gasteiger partial charge in [-0.1, -0.05) is 23.8 Å². The zero-order valence-corrected chi connectivity index (χ0v) is 13.2. The fraction of sp³-hybridized carbons (Fsp3) is 0.533. The van der Waals surface area contributed by atoms with Crippen molar-refractivity contribution in [1.29, 1.82) is 0 Å². The van der Waals surface area contributed by atoms with Gasteiger partial charge in [0.25, 0.3) is 5.91 Å². The summed E-state index contributed by atoms with van der Waals surface area (Å²) in [7, 11) is 0. The van der Waals surface area contributed by atoms with Crippen LogP contribution in [-0.4, -0.2) is 60.0 Å². The number of nitrogens with one attached hydrogen (secondary N) is 1. The van der Waals surface area contributed by atoms with Crippen molar-refractivity contribution >= 4 is 23.5 Å². The number of carbonyl (C=O) groups excluding carboxylic acids is 1. The Morgan fingerprint density at radius 2 is 2.00 bits per heavy atom. The standard InChI is InChI=1S/C15H20ClN5O/c16-12-11-18-15(21-8-3-4-9-21)19-13(12)14(22)17-5-10-20-6-1-2-7-20/h1-2,11H,3-10H2,(H,17,22). The zero-order chi connectivity index (χ0) is 15.4. The van der Waals surface area contributed by atoms with E-state index < -0.39 is 0 Å². The highest BCUT2D eigenvalue weighted by molar-refractivity contribution is 6.33. The van der Waals surface area contributed by atoms with Crippen LogP contribution in [0.5, 0.6) is 0 Å². The third kappa shape index (κ3) is 3.56. The fourth-order valence-electron chi connectivity index (χ4n) is 2.70. The number of carbonyl (C=O) groups is 1. The Hall–Kier alpha value is -1.66. The average Bonchev–Trinajstić information content (AvgIpc) is 3.21. The second kappa shape index (κ2) is 7.07. The van der Waals surface area contributed by atoms with Crippen molar-refractivity contribution in [2.75, 3.05) is 44.2 Å². The molecule has 1 saturated heterocycles. The molecular formula is C15H20ClN5O. The smallest absolute Gasteiger partial charge is 0.271 e. The zero-order valence-electron chi connectivity index (χ0n) is 12.5. The highest BCUT2D eigenvalue weighted by Crippen LogP contribution is 2.19. The van der Waals surface area contributed by atoms with Crippen molar-refractivity contribution < 1.29 is 4.79 Å². The van der Waals surface area contributed by atoms with E-state index in [2.05, 4.69) is 37.2 Å². The number of hydrogen-bond acceptors (Lipinski definition) is 5. The minimum atomic E-state index is -0.236. The molecule has 0 unspecified atom stereocenters. The molecule has 0 aliphatic carbocycles. The average molecular weight is 322 g/mol. The Balaban J connectivity index is 1.59. The first-order valence-electron chi connectivity index (χ1n) is 7.67. The molecule has 1 aromatic rings. The predicted octanol–water partition coefficient (Wildman–Crippen LogP) is 1.33. The first-order valence-corrected chi connectivity index (χ1v) is 8.05. The number of amides is 1. The van der Waals surface area contributed by atoms with Crippen LogP contribution in [-0.2, 0) is 0 Å². The van der Waals surface area contributed by atoms with E-state index in [0.29, 0.717) is 17.5 Å². The molecule has 2 aliphatic rings. The normalized spacial score (nSPS) is 18.1. The van der Waals surface area contributed by atoms with Gasteiger partial charge >= 0.3 is 0 Å². The number of aromatic nitrogens is 2. The highest BCUT2D eigenvalue weighted by atomic mass is 35.5. The maximum Gasteiger partial charge on any atom is 0.271 e. The lowest BCUT2D eigenvalue weighted by Crippen LogP contribution is -2.34.